The summed E-state index contributed by atoms with van der Waals surface area (Å²) in [7, 11) is 0. The molecule has 0 unspecified atom stereocenters. The number of rotatable bonds is 2. The van der Waals surface area contributed by atoms with Crippen LogP contribution in [0.15, 0.2) is 12.0 Å². The summed E-state index contributed by atoms with van der Waals surface area (Å²) in [4.78, 5) is 14.2. The summed E-state index contributed by atoms with van der Waals surface area (Å²) in [5, 5.41) is 2.91. The van der Waals surface area contributed by atoms with E-state index < -0.39 is 0 Å². The molecule has 5 nitrogen and oxygen atoms in total. The molecular weight excluding hydrogens is 244 g/mol. The predicted octanol–water partition coefficient (Wildman–Crippen LogP) is 2.09. The Morgan fingerprint density at radius 1 is 1.42 bits per heavy atom. The molecule has 0 aliphatic carbocycles. The largest absolute Gasteiger partial charge is 0.494 e. The van der Waals surface area contributed by atoms with Crippen LogP contribution in [0, 0.1) is 5.92 Å². The molecule has 2 aliphatic heterocycles. The van der Waals surface area contributed by atoms with E-state index >= 15 is 0 Å². The Kier molecular flexibility index (Phi) is 4.93. The van der Waals surface area contributed by atoms with Crippen molar-refractivity contribution in [2.75, 3.05) is 26.3 Å². The Labute approximate surface area is 114 Å². The van der Waals surface area contributed by atoms with Gasteiger partial charge in [0.2, 0.25) is 0 Å². The quantitative estimate of drug-likeness (QED) is 0.834. The first-order valence-electron chi connectivity index (χ1n) is 7.14. The zero-order valence-electron chi connectivity index (χ0n) is 11.9. The fraction of sp³-hybridized carbons (Fsp3) is 0.786. The molecule has 2 rings (SSSR count). The average molecular weight is 268 g/mol. The van der Waals surface area contributed by atoms with Gasteiger partial charge in [-0.25, -0.2) is 4.79 Å². The van der Waals surface area contributed by atoms with Gasteiger partial charge in [0.05, 0.1) is 6.54 Å². The molecule has 108 valence electrons. The van der Waals surface area contributed by atoms with Gasteiger partial charge in [-0.05, 0) is 25.7 Å². The topological polar surface area (TPSA) is 50.8 Å². The van der Waals surface area contributed by atoms with E-state index in [1.165, 1.54) is 12.8 Å². The highest BCUT2D eigenvalue weighted by molar-refractivity contribution is 5.74. The lowest BCUT2D eigenvalue weighted by Gasteiger charge is -2.29. The van der Waals surface area contributed by atoms with Crippen LogP contribution in [0.1, 0.15) is 33.1 Å². The zero-order chi connectivity index (χ0) is 13.7. The lowest BCUT2D eigenvalue weighted by atomic mass is 10.1. The van der Waals surface area contributed by atoms with E-state index in [1.54, 1.807) is 6.26 Å². The van der Waals surface area contributed by atoms with Crippen molar-refractivity contribution < 1.29 is 14.3 Å². The first-order chi connectivity index (χ1) is 9.16. The third-order valence-electron chi connectivity index (χ3n) is 3.74. The smallest absolute Gasteiger partial charge is 0.318 e. The lowest BCUT2D eigenvalue weighted by molar-refractivity contribution is 0.0808. The Balaban J connectivity index is 1.85. The summed E-state index contributed by atoms with van der Waals surface area (Å²) < 4.78 is 10.6. The van der Waals surface area contributed by atoms with E-state index in [0.29, 0.717) is 37.5 Å². The number of amides is 2. The van der Waals surface area contributed by atoms with Gasteiger partial charge in [0.1, 0.15) is 25.2 Å². The van der Waals surface area contributed by atoms with Crippen molar-refractivity contribution in [3.05, 3.63) is 12.0 Å². The normalized spacial score (nSPS) is 27.7. The summed E-state index contributed by atoms with van der Waals surface area (Å²) in [6, 6.07) is 0.304. The number of urea groups is 1. The maximum Gasteiger partial charge on any atom is 0.318 e. The highest BCUT2D eigenvalue weighted by Gasteiger charge is 2.25. The van der Waals surface area contributed by atoms with Crippen molar-refractivity contribution in [3.63, 3.8) is 0 Å². The minimum Gasteiger partial charge on any atom is -0.494 e. The predicted molar refractivity (Wildman–Crippen MR) is 72.6 cm³/mol. The molecule has 19 heavy (non-hydrogen) atoms. The summed E-state index contributed by atoms with van der Waals surface area (Å²) >= 11 is 0. The second-order valence-corrected chi connectivity index (χ2v) is 5.50. The number of likely N-dealkylation sites (tertiary alicyclic amines) is 1. The van der Waals surface area contributed by atoms with Crippen molar-refractivity contribution in [2.45, 2.75) is 39.2 Å². The van der Waals surface area contributed by atoms with Crippen LogP contribution in [-0.2, 0) is 9.47 Å². The van der Waals surface area contributed by atoms with Gasteiger partial charge < -0.3 is 19.7 Å². The first-order valence-corrected chi connectivity index (χ1v) is 7.14. The van der Waals surface area contributed by atoms with Gasteiger partial charge in [-0.1, -0.05) is 13.3 Å². The van der Waals surface area contributed by atoms with Crippen LogP contribution >= 0.6 is 0 Å². The molecule has 0 aromatic heterocycles. The summed E-state index contributed by atoms with van der Waals surface area (Å²) in [5.74, 6) is 1.26. The highest BCUT2D eigenvalue weighted by Crippen LogP contribution is 2.20. The monoisotopic (exact) mass is 268 g/mol. The number of hydrogen-bond donors (Lipinski definition) is 1. The fourth-order valence-electron chi connectivity index (χ4n) is 2.57. The number of ether oxygens (including phenoxy) is 2. The van der Waals surface area contributed by atoms with E-state index in [4.69, 9.17) is 9.47 Å². The summed E-state index contributed by atoms with van der Waals surface area (Å²) in [6.07, 6.45) is 5.07. The molecule has 5 heteroatoms. The minimum absolute atomic E-state index is 0.00340. The minimum atomic E-state index is -0.00340. The van der Waals surface area contributed by atoms with Gasteiger partial charge in [-0.2, -0.15) is 0 Å². The number of nitrogens with zero attached hydrogens (tertiary/aromatic N) is 1. The van der Waals surface area contributed by atoms with Crippen molar-refractivity contribution >= 4 is 6.03 Å². The number of carbonyl (C=O) groups is 1. The molecule has 2 heterocycles. The summed E-state index contributed by atoms with van der Waals surface area (Å²) in [6.45, 7) is 6.70. The first kappa shape index (κ1) is 14.0. The maximum absolute atomic E-state index is 12.2. The molecule has 1 saturated heterocycles. The van der Waals surface area contributed by atoms with Gasteiger partial charge in [-0.3, -0.25) is 0 Å². The highest BCUT2D eigenvalue weighted by atomic mass is 16.6. The molecule has 0 radical (unpaired) electrons. The second kappa shape index (κ2) is 6.68. The fourth-order valence-corrected chi connectivity index (χ4v) is 2.57. The van der Waals surface area contributed by atoms with Crippen LogP contribution in [0.5, 0.6) is 0 Å². The van der Waals surface area contributed by atoms with E-state index in [0.717, 1.165) is 13.0 Å². The van der Waals surface area contributed by atoms with E-state index in [9.17, 15) is 4.79 Å². The van der Waals surface area contributed by atoms with Crippen LogP contribution in [0.3, 0.4) is 0 Å². The van der Waals surface area contributed by atoms with Gasteiger partial charge in [0, 0.05) is 12.6 Å². The standard InChI is InChI=1S/C14H24N2O3/c1-11-4-3-5-12(2)16(9-11)14(17)15-8-13-10-18-6-7-19-13/h10-12H,3-9H2,1-2H3,(H,15,17)/t11-,12+/m1/s1. The molecule has 0 bridgehead atoms. The number of hydrogen-bond acceptors (Lipinski definition) is 3. The van der Waals surface area contributed by atoms with Crippen molar-refractivity contribution in [3.8, 4) is 0 Å². The van der Waals surface area contributed by atoms with Gasteiger partial charge >= 0.3 is 6.03 Å². The van der Waals surface area contributed by atoms with Crippen LogP contribution in [0.2, 0.25) is 0 Å². The van der Waals surface area contributed by atoms with Crippen molar-refractivity contribution in [1.82, 2.24) is 10.2 Å². The lowest BCUT2D eigenvalue weighted by Crippen LogP contribution is -2.46. The zero-order valence-corrected chi connectivity index (χ0v) is 11.9. The van der Waals surface area contributed by atoms with Gasteiger partial charge in [0.15, 0.2) is 0 Å². The molecule has 2 atom stereocenters. The van der Waals surface area contributed by atoms with Crippen LogP contribution in [0.4, 0.5) is 4.79 Å². The van der Waals surface area contributed by atoms with Crippen molar-refractivity contribution in [2.24, 2.45) is 5.92 Å². The van der Waals surface area contributed by atoms with E-state index in [-0.39, 0.29) is 6.03 Å². The van der Waals surface area contributed by atoms with E-state index in [2.05, 4.69) is 19.2 Å². The maximum atomic E-state index is 12.2. The van der Waals surface area contributed by atoms with E-state index in [1.807, 2.05) is 4.90 Å². The van der Waals surface area contributed by atoms with Crippen LogP contribution in [0.25, 0.3) is 0 Å². The Morgan fingerprint density at radius 2 is 2.26 bits per heavy atom. The van der Waals surface area contributed by atoms with Gasteiger partial charge in [-0.15, -0.1) is 0 Å². The van der Waals surface area contributed by atoms with Gasteiger partial charge in [0.25, 0.3) is 0 Å². The molecule has 2 aliphatic rings. The van der Waals surface area contributed by atoms with Crippen LogP contribution < -0.4 is 5.32 Å². The molecule has 0 aromatic carbocycles. The molecule has 2 amide bonds. The molecule has 1 N–H and O–H groups in total. The average Bonchev–Trinajstić information content (AvgIpc) is 2.59. The van der Waals surface area contributed by atoms with Crippen molar-refractivity contribution in [1.29, 1.82) is 0 Å². The Morgan fingerprint density at radius 3 is 3.00 bits per heavy atom. The molecule has 0 saturated carbocycles. The third kappa shape index (κ3) is 4.04. The second-order valence-electron chi connectivity index (χ2n) is 5.50. The Hall–Kier alpha value is -1.39. The Bertz CT molecular complexity index is 344. The molecule has 0 aromatic rings. The SMILES string of the molecule is C[C@@H]1CCC[C@H](C)N(C(=O)NCC2=COCCO2)C1. The van der Waals surface area contributed by atoms with Crippen LogP contribution in [-0.4, -0.2) is 43.3 Å². The molecule has 1 fully saturated rings. The summed E-state index contributed by atoms with van der Waals surface area (Å²) in [5.41, 5.74) is 0. The third-order valence-corrected chi connectivity index (χ3v) is 3.74. The number of nitrogens with one attached hydrogen (secondary N) is 1. The molecular formula is C14H24N2O3. The molecule has 0 spiro atoms. The number of carbonyl (C=O) groups excluding carboxylic acids is 1.